The third-order valence-electron chi connectivity index (χ3n) is 6.04. The van der Waals surface area contributed by atoms with Crippen LogP contribution in [0.25, 0.3) is 0 Å². The summed E-state index contributed by atoms with van der Waals surface area (Å²) >= 11 is 0. The van der Waals surface area contributed by atoms with Crippen LogP contribution in [0.2, 0.25) is 0 Å². The van der Waals surface area contributed by atoms with E-state index in [0.29, 0.717) is 44.5 Å². The number of imide groups is 1. The molecule has 0 spiro atoms. The van der Waals surface area contributed by atoms with Gasteiger partial charge in [-0.05, 0) is 30.5 Å². The van der Waals surface area contributed by atoms with Crippen molar-refractivity contribution in [1.82, 2.24) is 20.4 Å². The molecule has 0 bridgehead atoms. The Labute approximate surface area is 180 Å². The fourth-order valence-electron chi connectivity index (χ4n) is 4.41. The summed E-state index contributed by atoms with van der Waals surface area (Å²) in [5, 5.41) is 5.58. The lowest BCUT2D eigenvalue weighted by Gasteiger charge is -2.34. The molecule has 1 aromatic carbocycles. The third kappa shape index (κ3) is 4.25. The molecule has 162 valence electrons. The van der Waals surface area contributed by atoms with Crippen molar-refractivity contribution in [2.45, 2.75) is 44.3 Å². The summed E-state index contributed by atoms with van der Waals surface area (Å²) in [7, 11) is 0. The number of nitrogens with two attached hydrogens (primary N) is 1. The number of carbonyl (C=O) groups excluding carboxylic acids is 4. The number of nitrogens with zero attached hydrogens (tertiary/aromatic N) is 2. The zero-order chi connectivity index (χ0) is 22.0. The molecule has 9 heteroatoms. The van der Waals surface area contributed by atoms with Crippen LogP contribution in [0.1, 0.15) is 47.2 Å². The Kier molecular flexibility index (Phi) is 5.91. The van der Waals surface area contributed by atoms with Gasteiger partial charge in [0.15, 0.2) is 0 Å². The van der Waals surface area contributed by atoms with Crippen LogP contribution < -0.4 is 16.4 Å². The van der Waals surface area contributed by atoms with Gasteiger partial charge in [0.2, 0.25) is 11.8 Å². The first-order valence-corrected chi connectivity index (χ1v) is 10.5. The van der Waals surface area contributed by atoms with Crippen molar-refractivity contribution in [3.05, 3.63) is 34.9 Å². The van der Waals surface area contributed by atoms with Crippen LogP contribution in [0.5, 0.6) is 0 Å². The minimum atomic E-state index is -0.642. The third-order valence-corrected chi connectivity index (χ3v) is 6.04. The molecule has 0 aromatic heterocycles. The van der Waals surface area contributed by atoms with E-state index >= 15 is 0 Å². The van der Waals surface area contributed by atoms with E-state index in [1.165, 1.54) is 4.90 Å². The van der Waals surface area contributed by atoms with Crippen LogP contribution in [-0.4, -0.2) is 65.3 Å². The number of primary amides is 1. The van der Waals surface area contributed by atoms with E-state index in [2.05, 4.69) is 22.5 Å². The number of urea groups is 1. The number of amides is 5. The first-order valence-electron chi connectivity index (χ1n) is 10.5. The highest BCUT2D eigenvalue weighted by Crippen LogP contribution is 2.29. The van der Waals surface area contributed by atoms with Crippen molar-refractivity contribution in [3.8, 4) is 11.8 Å². The second-order valence-electron chi connectivity index (χ2n) is 7.96. The predicted octanol–water partition coefficient (Wildman–Crippen LogP) is -0.0682. The molecule has 0 radical (unpaired) electrons. The van der Waals surface area contributed by atoms with Gasteiger partial charge in [0.25, 0.3) is 5.91 Å². The molecule has 31 heavy (non-hydrogen) atoms. The van der Waals surface area contributed by atoms with Crippen LogP contribution in [-0.2, 0) is 16.1 Å². The van der Waals surface area contributed by atoms with Crippen molar-refractivity contribution in [2.75, 3.05) is 19.6 Å². The van der Waals surface area contributed by atoms with E-state index in [0.717, 1.165) is 17.7 Å². The zero-order valence-electron chi connectivity index (χ0n) is 17.1. The summed E-state index contributed by atoms with van der Waals surface area (Å²) in [6.07, 6.45) is 1.85. The maximum atomic E-state index is 12.9. The Bertz CT molecular complexity index is 995. The molecule has 5 amide bonds. The van der Waals surface area contributed by atoms with Gasteiger partial charge >= 0.3 is 6.03 Å². The fourth-order valence-corrected chi connectivity index (χ4v) is 4.41. The van der Waals surface area contributed by atoms with Gasteiger partial charge in [-0.1, -0.05) is 17.9 Å². The molecule has 2 saturated heterocycles. The van der Waals surface area contributed by atoms with Crippen LogP contribution in [0.3, 0.4) is 0 Å². The van der Waals surface area contributed by atoms with Crippen molar-refractivity contribution < 1.29 is 19.2 Å². The standard InChI is InChI=1S/C22H25N5O4/c23-22(31)26-11-10-24-12-15(26)6-2-1-4-14-5-3-7-16-17(14)13-27(21(16)30)18-8-9-19(28)25-20(18)29/h3,5,7,15,18,24H,2,6,8-13H2,(H2,23,31)(H,25,28,29). The smallest absolute Gasteiger partial charge is 0.315 e. The van der Waals surface area contributed by atoms with Gasteiger partial charge in [-0.15, -0.1) is 0 Å². The second-order valence-corrected chi connectivity index (χ2v) is 7.96. The summed E-state index contributed by atoms with van der Waals surface area (Å²) in [5.41, 5.74) is 7.57. The minimum Gasteiger partial charge on any atom is -0.351 e. The molecular formula is C22H25N5O4. The molecule has 3 aliphatic heterocycles. The van der Waals surface area contributed by atoms with Gasteiger partial charge in [-0.2, -0.15) is 0 Å². The maximum Gasteiger partial charge on any atom is 0.315 e. The Morgan fingerprint density at radius 1 is 1.26 bits per heavy atom. The lowest BCUT2D eigenvalue weighted by Crippen LogP contribution is -2.55. The molecule has 4 N–H and O–H groups in total. The second kappa shape index (κ2) is 8.78. The number of nitrogens with one attached hydrogen (secondary N) is 2. The van der Waals surface area contributed by atoms with E-state index in [1.54, 1.807) is 17.0 Å². The largest absolute Gasteiger partial charge is 0.351 e. The number of rotatable bonds is 3. The molecule has 3 aliphatic rings. The van der Waals surface area contributed by atoms with Crippen LogP contribution in [0.4, 0.5) is 4.79 Å². The molecule has 4 rings (SSSR count). The summed E-state index contributed by atoms with van der Waals surface area (Å²) in [4.78, 5) is 51.3. The molecule has 9 nitrogen and oxygen atoms in total. The van der Waals surface area contributed by atoms with Gasteiger partial charge < -0.3 is 20.9 Å². The average molecular weight is 423 g/mol. The lowest BCUT2D eigenvalue weighted by molar-refractivity contribution is -0.136. The van der Waals surface area contributed by atoms with Gasteiger partial charge in [0, 0.05) is 56.2 Å². The van der Waals surface area contributed by atoms with Gasteiger partial charge in [-0.25, -0.2) is 4.79 Å². The van der Waals surface area contributed by atoms with Gasteiger partial charge in [-0.3, -0.25) is 19.7 Å². The fraction of sp³-hybridized carbons (Fsp3) is 0.455. The monoisotopic (exact) mass is 423 g/mol. The number of benzene rings is 1. The zero-order valence-corrected chi connectivity index (χ0v) is 17.1. The van der Waals surface area contributed by atoms with E-state index < -0.39 is 18.0 Å². The molecule has 3 heterocycles. The maximum absolute atomic E-state index is 12.9. The molecule has 2 atom stereocenters. The first kappa shape index (κ1) is 20.9. The molecule has 1 aromatic rings. The number of fused-ring (bicyclic) bond motifs is 1. The van der Waals surface area contributed by atoms with E-state index in [9.17, 15) is 19.2 Å². The molecule has 0 aliphatic carbocycles. The van der Waals surface area contributed by atoms with Crippen molar-refractivity contribution in [3.63, 3.8) is 0 Å². The summed E-state index contributed by atoms with van der Waals surface area (Å²) in [6, 6.07) is 4.36. The SMILES string of the molecule is NC(=O)N1CCNCC1CCC#Cc1cccc2c1CN(C1CCC(=O)NC1=O)C2=O. The minimum absolute atomic E-state index is 0.0200. The van der Waals surface area contributed by atoms with Crippen molar-refractivity contribution in [1.29, 1.82) is 0 Å². The number of hydrogen-bond acceptors (Lipinski definition) is 5. The van der Waals surface area contributed by atoms with Crippen LogP contribution in [0.15, 0.2) is 18.2 Å². The molecule has 0 saturated carbocycles. The Balaban J connectivity index is 1.44. The molecular weight excluding hydrogens is 398 g/mol. The van der Waals surface area contributed by atoms with Gasteiger partial charge in [0.05, 0.1) is 0 Å². The van der Waals surface area contributed by atoms with Crippen molar-refractivity contribution >= 4 is 23.8 Å². The first-order chi connectivity index (χ1) is 15.0. The Morgan fingerprint density at radius 3 is 2.87 bits per heavy atom. The van der Waals surface area contributed by atoms with E-state index in [4.69, 9.17) is 5.73 Å². The number of piperidine rings is 1. The number of carbonyl (C=O) groups is 4. The summed E-state index contributed by atoms with van der Waals surface area (Å²) in [6.45, 7) is 2.32. The van der Waals surface area contributed by atoms with Crippen LogP contribution >= 0.6 is 0 Å². The quantitative estimate of drug-likeness (QED) is 0.464. The average Bonchev–Trinajstić information content (AvgIpc) is 3.08. The number of hydrogen-bond donors (Lipinski definition) is 3. The van der Waals surface area contributed by atoms with E-state index in [1.807, 2.05) is 6.07 Å². The Morgan fingerprint density at radius 2 is 2.10 bits per heavy atom. The highest BCUT2D eigenvalue weighted by molar-refractivity contribution is 6.05. The highest BCUT2D eigenvalue weighted by atomic mass is 16.2. The number of piperazine rings is 1. The summed E-state index contributed by atoms with van der Waals surface area (Å²) in [5.74, 6) is 5.36. The normalized spacial score (nSPS) is 23.2. The highest BCUT2D eigenvalue weighted by Gasteiger charge is 2.39. The van der Waals surface area contributed by atoms with Crippen molar-refractivity contribution in [2.24, 2.45) is 5.73 Å². The molecule has 2 unspecified atom stereocenters. The summed E-state index contributed by atoms with van der Waals surface area (Å²) < 4.78 is 0. The van der Waals surface area contributed by atoms with E-state index in [-0.39, 0.29) is 24.3 Å². The van der Waals surface area contributed by atoms with Crippen LogP contribution in [0, 0.1) is 11.8 Å². The Hall–Kier alpha value is -3.38. The predicted molar refractivity (Wildman–Crippen MR) is 112 cm³/mol. The van der Waals surface area contributed by atoms with Gasteiger partial charge in [0.1, 0.15) is 6.04 Å². The topological polar surface area (TPSA) is 125 Å². The molecule has 2 fully saturated rings. The lowest BCUT2D eigenvalue weighted by atomic mass is 10.0.